The van der Waals surface area contributed by atoms with Gasteiger partial charge in [0.05, 0.1) is 6.61 Å². The molecule has 1 aliphatic heterocycles. The van der Waals surface area contributed by atoms with Crippen molar-refractivity contribution in [3.05, 3.63) is 65.2 Å². The summed E-state index contributed by atoms with van der Waals surface area (Å²) in [5.74, 6) is 0.960. The van der Waals surface area contributed by atoms with Crippen LogP contribution in [-0.2, 0) is 24.2 Å². The van der Waals surface area contributed by atoms with Crippen molar-refractivity contribution in [1.82, 2.24) is 10.2 Å². The van der Waals surface area contributed by atoms with Crippen LogP contribution in [0.25, 0.3) is 0 Å². The van der Waals surface area contributed by atoms with Crippen LogP contribution in [0, 0.1) is 0 Å². The number of nitrogens with zero attached hydrogens (tertiary/aromatic N) is 2. The molecule has 0 spiro atoms. The van der Waals surface area contributed by atoms with Crippen LogP contribution in [0.5, 0.6) is 0 Å². The first-order valence-corrected chi connectivity index (χ1v) is 9.14. The van der Waals surface area contributed by atoms with Gasteiger partial charge in [-0.25, -0.2) is 0 Å². The van der Waals surface area contributed by atoms with E-state index in [0.29, 0.717) is 6.61 Å². The minimum Gasteiger partial charge on any atom is -0.383 e. The molecule has 6 heteroatoms. The molecule has 0 saturated carbocycles. The van der Waals surface area contributed by atoms with Crippen molar-refractivity contribution in [2.45, 2.75) is 19.5 Å². The molecular formula is C21H29IN4O. The highest BCUT2D eigenvalue weighted by Gasteiger charge is 2.18. The van der Waals surface area contributed by atoms with E-state index < -0.39 is 0 Å². The third-order valence-electron chi connectivity index (χ3n) is 4.68. The summed E-state index contributed by atoms with van der Waals surface area (Å²) >= 11 is 0. The lowest BCUT2D eigenvalue weighted by molar-refractivity contribution is 0.211. The van der Waals surface area contributed by atoms with Gasteiger partial charge in [-0.3, -0.25) is 4.99 Å². The number of nitrogens with one attached hydrogen (secondary N) is 2. The van der Waals surface area contributed by atoms with E-state index in [4.69, 9.17) is 4.74 Å². The Balaban J connectivity index is 0.00000261. The van der Waals surface area contributed by atoms with Crippen LogP contribution < -0.4 is 10.6 Å². The molecule has 2 N–H and O–H groups in total. The molecule has 0 unspecified atom stereocenters. The van der Waals surface area contributed by atoms with Gasteiger partial charge in [0, 0.05) is 46.0 Å². The van der Waals surface area contributed by atoms with Gasteiger partial charge >= 0.3 is 0 Å². The molecular weight excluding hydrogens is 451 g/mol. The highest BCUT2D eigenvalue weighted by atomic mass is 127. The second kappa shape index (κ2) is 11.1. The van der Waals surface area contributed by atoms with Crippen molar-refractivity contribution in [1.29, 1.82) is 0 Å². The topological polar surface area (TPSA) is 48.9 Å². The second-order valence-electron chi connectivity index (χ2n) is 6.46. The maximum Gasteiger partial charge on any atom is 0.194 e. The molecule has 5 nitrogen and oxygen atoms in total. The van der Waals surface area contributed by atoms with Gasteiger partial charge in [0.1, 0.15) is 0 Å². The van der Waals surface area contributed by atoms with Crippen LogP contribution in [0.2, 0.25) is 0 Å². The molecule has 0 aliphatic carbocycles. The van der Waals surface area contributed by atoms with Crippen LogP contribution in [0.4, 0.5) is 5.69 Å². The summed E-state index contributed by atoms with van der Waals surface area (Å²) in [7, 11) is 3.57. The van der Waals surface area contributed by atoms with Gasteiger partial charge < -0.3 is 20.3 Å². The maximum absolute atomic E-state index is 5.05. The van der Waals surface area contributed by atoms with Crippen molar-refractivity contribution in [2.75, 3.05) is 39.2 Å². The van der Waals surface area contributed by atoms with Crippen LogP contribution >= 0.6 is 24.0 Å². The minimum atomic E-state index is 0. The van der Waals surface area contributed by atoms with Crippen molar-refractivity contribution in [3.63, 3.8) is 0 Å². The quantitative estimate of drug-likeness (QED) is 0.288. The molecule has 27 heavy (non-hydrogen) atoms. The number of halogens is 1. The van der Waals surface area contributed by atoms with Crippen molar-refractivity contribution in [2.24, 2.45) is 4.99 Å². The number of benzene rings is 2. The summed E-state index contributed by atoms with van der Waals surface area (Å²) < 4.78 is 5.05. The van der Waals surface area contributed by atoms with E-state index in [1.807, 2.05) is 7.05 Å². The Morgan fingerprint density at radius 1 is 1.11 bits per heavy atom. The van der Waals surface area contributed by atoms with Crippen LogP contribution in [0.15, 0.2) is 53.5 Å². The molecule has 1 heterocycles. The number of anilines is 1. The average Bonchev–Trinajstić information content (AvgIpc) is 2.69. The summed E-state index contributed by atoms with van der Waals surface area (Å²) in [5.41, 5.74) is 5.20. The van der Waals surface area contributed by atoms with Crippen LogP contribution in [0.3, 0.4) is 0 Å². The Morgan fingerprint density at radius 3 is 2.56 bits per heavy atom. The van der Waals surface area contributed by atoms with Crippen molar-refractivity contribution >= 4 is 35.6 Å². The lowest BCUT2D eigenvalue weighted by Gasteiger charge is -2.31. The van der Waals surface area contributed by atoms with E-state index in [2.05, 4.69) is 69.1 Å². The fraction of sp³-hybridized carbons (Fsp3) is 0.381. The third kappa shape index (κ3) is 6.10. The highest BCUT2D eigenvalue weighted by molar-refractivity contribution is 14.0. The molecule has 0 saturated heterocycles. The predicted octanol–water partition coefficient (Wildman–Crippen LogP) is 3.50. The zero-order valence-electron chi connectivity index (χ0n) is 16.1. The van der Waals surface area contributed by atoms with E-state index >= 15 is 0 Å². The summed E-state index contributed by atoms with van der Waals surface area (Å²) in [6.45, 7) is 4.20. The third-order valence-corrected chi connectivity index (χ3v) is 4.68. The molecule has 0 radical (unpaired) electrons. The summed E-state index contributed by atoms with van der Waals surface area (Å²) in [6.07, 6.45) is 1.07. The Morgan fingerprint density at radius 2 is 1.85 bits per heavy atom. The number of aliphatic imine (C=N–C) groups is 1. The molecule has 0 bridgehead atoms. The zero-order chi connectivity index (χ0) is 18.2. The van der Waals surface area contributed by atoms with E-state index in [-0.39, 0.29) is 24.0 Å². The Labute approximate surface area is 179 Å². The SMILES string of the molecule is CN=C(NCc1ccc(NCCOC)cc1)N1CCc2ccccc2C1.I. The van der Waals surface area contributed by atoms with Crippen molar-refractivity contribution < 1.29 is 4.74 Å². The Bertz CT molecular complexity index is 733. The van der Waals surface area contributed by atoms with E-state index in [1.165, 1.54) is 16.7 Å². The molecule has 0 fully saturated rings. The summed E-state index contributed by atoms with van der Waals surface area (Å²) in [4.78, 5) is 6.79. The number of methoxy groups -OCH3 is 1. The fourth-order valence-corrected chi connectivity index (χ4v) is 3.23. The molecule has 2 aromatic carbocycles. The number of hydrogen-bond donors (Lipinski definition) is 2. The second-order valence-corrected chi connectivity index (χ2v) is 6.46. The Hall–Kier alpha value is -1.80. The number of fused-ring (bicyclic) bond motifs is 1. The van der Waals surface area contributed by atoms with E-state index in [0.717, 1.165) is 44.2 Å². The standard InChI is InChI=1S/C21H28N4O.HI/c1-22-21(25-13-11-18-5-3-4-6-19(18)16-25)24-15-17-7-9-20(10-8-17)23-12-14-26-2;/h3-10,23H,11-16H2,1-2H3,(H,22,24);1H. The predicted molar refractivity (Wildman–Crippen MR) is 123 cm³/mol. The largest absolute Gasteiger partial charge is 0.383 e. The smallest absolute Gasteiger partial charge is 0.194 e. The van der Waals surface area contributed by atoms with Crippen LogP contribution in [0.1, 0.15) is 16.7 Å². The lowest BCUT2D eigenvalue weighted by atomic mass is 10.0. The molecule has 3 rings (SSSR count). The molecule has 146 valence electrons. The summed E-state index contributed by atoms with van der Waals surface area (Å²) in [6, 6.07) is 17.2. The Kier molecular flexibility index (Phi) is 8.87. The zero-order valence-corrected chi connectivity index (χ0v) is 18.4. The minimum absolute atomic E-state index is 0. The van der Waals surface area contributed by atoms with Gasteiger partial charge in [-0.05, 0) is 35.2 Å². The average molecular weight is 480 g/mol. The van der Waals surface area contributed by atoms with Gasteiger partial charge in [-0.2, -0.15) is 0 Å². The first-order chi connectivity index (χ1) is 12.8. The molecule has 0 atom stereocenters. The number of rotatable bonds is 6. The van der Waals surface area contributed by atoms with Crippen molar-refractivity contribution in [3.8, 4) is 0 Å². The van der Waals surface area contributed by atoms with Gasteiger partial charge in [-0.15, -0.1) is 24.0 Å². The van der Waals surface area contributed by atoms with Gasteiger partial charge in [0.2, 0.25) is 0 Å². The first kappa shape index (κ1) is 21.5. The normalized spacial score (nSPS) is 13.6. The van der Waals surface area contributed by atoms with E-state index in [1.54, 1.807) is 7.11 Å². The van der Waals surface area contributed by atoms with Gasteiger partial charge in [-0.1, -0.05) is 36.4 Å². The fourth-order valence-electron chi connectivity index (χ4n) is 3.23. The number of guanidine groups is 1. The van der Waals surface area contributed by atoms with Gasteiger partial charge in [0.25, 0.3) is 0 Å². The number of hydrogen-bond acceptors (Lipinski definition) is 3. The highest BCUT2D eigenvalue weighted by Crippen LogP contribution is 2.18. The maximum atomic E-state index is 5.05. The molecule has 0 amide bonds. The molecule has 1 aliphatic rings. The summed E-state index contributed by atoms with van der Waals surface area (Å²) in [5, 5.41) is 6.83. The van der Waals surface area contributed by atoms with Crippen LogP contribution in [-0.4, -0.2) is 44.7 Å². The molecule has 2 aromatic rings. The monoisotopic (exact) mass is 480 g/mol. The lowest BCUT2D eigenvalue weighted by Crippen LogP contribution is -2.43. The van der Waals surface area contributed by atoms with Gasteiger partial charge in [0.15, 0.2) is 5.96 Å². The molecule has 0 aromatic heterocycles. The first-order valence-electron chi connectivity index (χ1n) is 9.14. The van der Waals surface area contributed by atoms with E-state index in [9.17, 15) is 0 Å². The number of ether oxygens (including phenoxy) is 1.